The molecule has 0 unspecified atom stereocenters. The number of benzene rings is 1. The SMILES string of the molecule is COc1ccc(S(=O)(=O)N2CCCCC[C@H]2c2sccc2C)cc1OC. The lowest BCUT2D eigenvalue weighted by molar-refractivity contribution is 0.331. The largest absolute Gasteiger partial charge is 0.493 e. The first-order chi connectivity index (χ1) is 12.5. The standard InChI is InChI=1S/C19H25NO4S2/c1-14-10-12-25-19(14)16-7-5-4-6-11-20(16)26(21,22)15-8-9-17(23-2)18(13-15)24-3/h8-10,12-13,16H,4-7,11H2,1-3H3/t16-/m0/s1. The summed E-state index contributed by atoms with van der Waals surface area (Å²) in [7, 11) is -0.580. The van der Waals surface area contributed by atoms with Crippen LogP contribution >= 0.6 is 11.3 Å². The van der Waals surface area contributed by atoms with Crippen LogP contribution in [0, 0.1) is 6.92 Å². The Morgan fingerprint density at radius 1 is 1.08 bits per heavy atom. The molecule has 0 bridgehead atoms. The summed E-state index contributed by atoms with van der Waals surface area (Å²) in [6.45, 7) is 2.59. The van der Waals surface area contributed by atoms with Crippen LogP contribution in [-0.4, -0.2) is 33.5 Å². The van der Waals surface area contributed by atoms with Crippen molar-refractivity contribution < 1.29 is 17.9 Å². The zero-order valence-corrected chi connectivity index (χ0v) is 17.0. The molecule has 1 aliphatic heterocycles. The lowest BCUT2D eigenvalue weighted by Gasteiger charge is -2.29. The van der Waals surface area contributed by atoms with Crippen LogP contribution in [-0.2, 0) is 10.0 Å². The van der Waals surface area contributed by atoms with E-state index in [9.17, 15) is 8.42 Å². The normalized spacial score (nSPS) is 19.1. The molecule has 5 nitrogen and oxygen atoms in total. The van der Waals surface area contributed by atoms with Gasteiger partial charge in [0.25, 0.3) is 0 Å². The summed E-state index contributed by atoms with van der Waals surface area (Å²) in [5.41, 5.74) is 1.16. The second kappa shape index (κ2) is 7.98. The fourth-order valence-electron chi connectivity index (χ4n) is 3.47. The minimum atomic E-state index is -3.63. The van der Waals surface area contributed by atoms with Crippen LogP contribution < -0.4 is 9.47 Å². The second-order valence-electron chi connectivity index (χ2n) is 6.47. The molecule has 1 aromatic carbocycles. The van der Waals surface area contributed by atoms with Crippen molar-refractivity contribution >= 4 is 21.4 Å². The summed E-state index contributed by atoms with van der Waals surface area (Å²) in [6.07, 6.45) is 3.83. The molecule has 0 amide bonds. The summed E-state index contributed by atoms with van der Waals surface area (Å²) in [5, 5.41) is 2.04. The van der Waals surface area contributed by atoms with Crippen molar-refractivity contribution in [3.63, 3.8) is 0 Å². The van der Waals surface area contributed by atoms with E-state index in [-0.39, 0.29) is 10.9 Å². The summed E-state index contributed by atoms with van der Waals surface area (Å²) in [6, 6.07) is 6.76. The van der Waals surface area contributed by atoms with Gasteiger partial charge in [0, 0.05) is 17.5 Å². The Bertz CT molecular complexity index is 860. The van der Waals surface area contributed by atoms with Crippen LogP contribution in [0.4, 0.5) is 0 Å². The zero-order valence-electron chi connectivity index (χ0n) is 15.4. The topological polar surface area (TPSA) is 55.8 Å². The summed E-state index contributed by atoms with van der Waals surface area (Å²) >= 11 is 1.64. The molecule has 1 aromatic heterocycles. The van der Waals surface area contributed by atoms with Crippen LogP contribution in [0.25, 0.3) is 0 Å². The van der Waals surface area contributed by atoms with E-state index in [0.717, 1.165) is 36.1 Å². The Morgan fingerprint density at radius 3 is 2.50 bits per heavy atom. The Labute approximate surface area is 159 Å². The molecule has 0 spiro atoms. The minimum Gasteiger partial charge on any atom is -0.493 e. The second-order valence-corrected chi connectivity index (χ2v) is 9.30. The van der Waals surface area contributed by atoms with E-state index in [1.807, 2.05) is 5.38 Å². The monoisotopic (exact) mass is 395 g/mol. The molecule has 0 radical (unpaired) electrons. The van der Waals surface area contributed by atoms with Gasteiger partial charge < -0.3 is 9.47 Å². The summed E-state index contributed by atoms with van der Waals surface area (Å²) in [4.78, 5) is 1.40. The van der Waals surface area contributed by atoms with E-state index in [1.54, 1.807) is 33.8 Å². The average Bonchev–Trinajstić information content (AvgIpc) is 2.92. The van der Waals surface area contributed by atoms with Gasteiger partial charge in [-0.05, 0) is 48.9 Å². The van der Waals surface area contributed by atoms with Crippen molar-refractivity contribution in [2.24, 2.45) is 0 Å². The number of ether oxygens (including phenoxy) is 2. The third-order valence-electron chi connectivity index (χ3n) is 4.87. The van der Waals surface area contributed by atoms with Crippen molar-refractivity contribution in [1.82, 2.24) is 4.31 Å². The van der Waals surface area contributed by atoms with E-state index >= 15 is 0 Å². The molecule has 7 heteroatoms. The van der Waals surface area contributed by atoms with Crippen LogP contribution in [0.5, 0.6) is 11.5 Å². The molecular weight excluding hydrogens is 370 g/mol. The highest BCUT2D eigenvalue weighted by atomic mass is 32.2. The number of hydrogen-bond acceptors (Lipinski definition) is 5. The molecule has 0 saturated carbocycles. The zero-order chi connectivity index (χ0) is 18.7. The van der Waals surface area contributed by atoms with Crippen molar-refractivity contribution in [2.75, 3.05) is 20.8 Å². The average molecular weight is 396 g/mol. The van der Waals surface area contributed by atoms with Gasteiger partial charge in [-0.1, -0.05) is 12.8 Å². The van der Waals surface area contributed by atoms with Gasteiger partial charge in [0.2, 0.25) is 10.0 Å². The maximum Gasteiger partial charge on any atom is 0.243 e. The Hall–Kier alpha value is -1.57. The molecule has 142 valence electrons. The first-order valence-electron chi connectivity index (χ1n) is 8.77. The Morgan fingerprint density at radius 2 is 1.85 bits per heavy atom. The van der Waals surface area contributed by atoms with Crippen molar-refractivity contribution in [3.05, 3.63) is 40.1 Å². The number of aryl methyl sites for hydroxylation is 1. The molecule has 0 N–H and O–H groups in total. The molecule has 2 heterocycles. The fraction of sp³-hybridized carbons (Fsp3) is 0.474. The molecular formula is C19H25NO4S2. The van der Waals surface area contributed by atoms with Gasteiger partial charge >= 0.3 is 0 Å². The van der Waals surface area contributed by atoms with E-state index in [0.29, 0.717) is 18.0 Å². The van der Waals surface area contributed by atoms with Crippen molar-refractivity contribution in [3.8, 4) is 11.5 Å². The lowest BCUT2D eigenvalue weighted by atomic mass is 10.1. The van der Waals surface area contributed by atoms with Gasteiger partial charge in [-0.3, -0.25) is 0 Å². The van der Waals surface area contributed by atoms with Crippen LogP contribution in [0.1, 0.15) is 42.2 Å². The molecule has 1 fully saturated rings. The number of thiophene rings is 1. The highest BCUT2D eigenvalue weighted by molar-refractivity contribution is 7.89. The van der Waals surface area contributed by atoms with E-state index < -0.39 is 10.0 Å². The van der Waals surface area contributed by atoms with Gasteiger partial charge in [-0.25, -0.2) is 8.42 Å². The molecule has 1 aliphatic rings. The predicted octanol–water partition coefficient (Wildman–Crippen LogP) is 4.38. The molecule has 0 aliphatic carbocycles. The molecule has 1 saturated heterocycles. The number of nitrogens with zero attached hydrogens (tertiary/aromatic N) is 1. The lowest BCUT2D eigenvalue weighted by Crippen LogP contribution is -2.34. The maximum absolute atomic E-state index is 13.5. The molecule has 26 heavy (non-hydrogen) atoms. The molecule has 3 rings (SSSR count). The van der Waals surface area contributed by atoms with E-state index in [2.05, 4.69) is 13.0 Å². The van der Waals surface area contributed by atoms with Crippen molar-refractivity contribution in [2.45, 2.75) is 43.5 Å². The molecule has 1 atom stereocenters. The van der Waals surface area contributed by atoms with Gasteiger partial charge in [0.05, 0.1) is 25.2 Å². The van der Waals surface area contributed by atoms with Gasteiger partial charge in [0.15, 0.2) is 11.5 Å². The predicted molar refractivity (Wildman–Crippen MR) is 104 cm³/mol. The maximum atomic E-state index is 13.5. The Balaban J connectivity index is 2.04. The number of rotatable bonds is 5. The fourth-order valence-corrected chi connectivity index (χ4v) is 6.29. The quantitative estimate of drug-likeness (QED) is 0.754. The Kier molecular flexibility index (Phi) is 5.89. The van der Waals surface area contributed by atoms with Crippen LogP contribution in [0.3, 0.4) is 0 Å². The van der Waals surface area contributed by atoms with Gasteiger partial charge in [0.1, 0.15) is 0 Å². The van der Waals surface area contributed by atoms with E-state index in [1.165, 1.54) is 14.2 Å². The number of hydrogen-bond donors (Lipinski definition) is 0. The number of sulfonamides is 1. The smallest absolute Gasteiger partial charge is 0.243 e. The third-order valence-corrected chi connectivity index (χ3v) is 7.89. The number of methoxy groups -OCH3 is 2. The van der Waals surface area contributed by atoms with E-state index in [4.69, 9.17) is 9.47 Å². The van der Waals surface area contributed by atoms with Crippen LogP contribution in [0.2, 0.25) is 0 Å². The van der Waals surface area contributed by atoms with Gasteiger partial charge in [-0.15, -0.1) is 11.3 Å². The third kappa shape index (κ3) is 3.61. The highest BCUT2D eigenvalue weighted by Crippen LogP contribution is 2.39. The summed E-state index contributed by atoms with van der Waals surface area (Å²) in [5.74, 6) is 0.945. The minimum absolute atomic E-state index is 0.101. The first kappa shape index (κ1) is 19.2. The summed E-state index contributed by atoms with van der Waals surface area (Å²) < 4.78 is 39.1. The first-order valence-corrected chi connectivity index (χ1v) is 11.1. The van der Waals surface area contributed by atoms with Crippen molar-refractivity contribution in [1.29, 1.82) is 0 Å². The molecule has 2 aromatic rings. The highest BCUT2D eigenvalue weighted by Gasteiger charge is 2.35. The van der Waals surface area contributed by atoms with Crippen LogP contribution in [0.15, 0.2) is 34.5 Å². The van der Waals surface area contributed by atoms with Gasteiger partial charge in [-0.2, -0.15) is 4.31 Å².